The minimum atomic E-state index is -0.198. The van der Waals surface area contributed by atoms with Gasteiger partial charge in [-0.15, -0.1) is 11.3 Å². The van der Waals surface area contributed by atoms with Gasteiger partial charge in [0.15, 0.2) is 0 Å². The van der Waals surface area contributed by atoms with Crippen LogP contribution in [0.25, 0.3) is 11.1 Å². The van der Waals surface area contributed by atoms with Crippen molar-refractivity contribution in [3.8, 4) is 11.1 Å². The number of hydrogen-bond donors (Lipinski definition) is 1. The van der Waals surface area contributed by atoms with E-state index in [9.17, 15) is 4.39 Å². The van der Waals surface area contributed by atoms with Crippen LogP contribution in [0.1, 0.15) is 4.88 Å². The van der Waals surface area contributed by atoms with Crippen LogP contribution in [0.15, 0.2) is 35.7 Å². The fourth-order valence-electron chi connectivity index (χ4n) is 1.45. The zero-order chi connectivity index (χ0) is 10.7. The lowest BCUT2D eigenvalue weighted by Gasteiger charge is -1.96. The number of halogens is 1. The van der Waals surface area contributed by atoms with E-state index in [1.165, 1.54) is 17.0 Å². The molecule has 0 bridgehead atoms. The zero-order valence-electron chi connectivity index (χ0n) is 8.24. The molecule has 0 amide bonds. The molecule has 0 unspecified atom stereocenters. The molecule has 2 N–H and O–H groups in total. The second-order valence-corrected chi connectivity index (χ2v) is 4.34. The van der Waals surface area contributed by atoms with Gasteiger partial charge in [-0.2, -0.15) is 0 Å². The van der Waals surface area contributed by atoms with Crippen molar-refractivity contribution in [2.75, 3.05) is 6.54 Å². The van der Waals surface area contributed by atoms with Crippen LogP contribution in [0.5, 0.6) is 0 Å². The number of thiophene rings is 1. The van der Waals surface area contributed by atoms with E-state index in [4.69, 9.17) is 5.73 Å². The average molecular weight is 221 g/mol. The Morgan fingerprint density at radius 3 is 2.53 bits per heavy atom. The SMILES string of the molecule is NCCc1cc(-c2ccc(F)cc2)cs1. The molecule has 3 heteroatoms. The third kappa shape index (κ3) is 2.43. The predicted octanol–water partition coefficient (Wildman–Crippen LogP) is 3.06. The first kappa shape index (κ1) is 10.3. The Morgan fingerprint density at radius 2 is 1.87 bits per heavy atom. The van der Waals surface area contributed by atoms with Crippen molar-refractivity contribution in [1.82, 2.24) is 0 Å². The molecular weight excluding hydrogens is 209 g/mol. The highest BCUT2D eigenvalue weighted by atomic mass is 32.1. The van der Waals surface area contributed by atoms with Crippen molar-refractivity contribution >= 4 is 11.3 Å². The van der Waals surface area contributed by atoms with Crippen molar-refractivity contribution in [3.05, 3.63) is 46.4 Å². The molecule has 0 aliphatic carbocycles. The van der Waals surface area contributed by atoms with Gasteiger partial charge < -0.3 is 5.73 Å². The lowest BCUT2D eigenvalue weighted by Crippen LogP contribution is -2.00. The second-order valence-electron chi connectivity index (χ2n) is 3.35. The van der Waals surface area contributed by atoms with Gasteiger partial charge in [0.1, 0.15) is 5.82 Å². The van der Waals surface area contributed by atoms with Crippen molar-refractivity contribution < 1.29 is 4.39 Å². The molecule has 1 aromatic carbocycles. The molecule has 78 valence electrons. The maximum absolute atomic E-state index is 12.7. The van der Waals surface area contributed by atoms with Gasteiger partial charge in [-0.05, 0) is 47.7 Å². The molecule has 2 aromatic rings. The van der Waals surface area contributed by atoms with Gasteiger partial charge in [0, 0.05) is 4.88 Å². The Labute approximate surface area is 92.4 Å². The summed E-state index contributed by atoms with van der Waals surface area (Å²) in [6, 6.07) is 8.67. The summed E-state index contributed by atoms with van der Waals surface area (Å²) < 4.78 is 12.7. The summed E-state index contributed by atoms with van der Waals surface area (Å²) in [5.41, 5.74) is 7.68. The van der Waals surface area contributed by atoms with Gasteiger partial charge in [-0.3, -0.25) is 0 Å². The summed E-state index contributed by atoms with van der Waals surface area (Å²) in [5, 5.41) is 2.08. The minimum absolute atomic E-state index is 0.198. The number of rotatable bonds is 3. The molecule has 0 radical (unpaired) electrons. The van der Waals surface area contributed by atoms with Crippen LogP contribution in [-0.4, -0.2) is 6.54 Å². The fourth-order valence-corrected chi connectivity index (χ4v) is 2.36. The first-order chi connectivity index (χ1) is 7.29. The van der Waals surface area contributed by atoms with Gasteiger partial charge >= 0.3 is 0 Å². The summed E-state index contributed by atoms with van der Waals surface area (Å²) in [7, 11) is 0. The Morgan fingerprint density at radius 1 is 1.13 bits per heavy atom. The molecule has 2 rings (SSSR count). The van der Waals surface area contributed by atoms with Crippen molar-refractivity contribution in [1.29, 1.82) is 0 Å². The second kappa shape index (κ2) is 4.55. The van der Waals surface area contributed by atoms with Crippen LogP contribution in [0.2, 0.25) is 0 Å². The quantitative estimate of drug-likeness (QED) is 0.847. The van der Waals surface area contributed by atoms with Crippen molar-refractivity contribution in [2.24, 2.45) is 5.73 Å². The largest absolute Gasteiger partial charge is 0.330 e. The molecule has 0 fully saturated rings. The molecule has 1 aromatic heterocycles. The maximum atomic E-state index is 12.7. The van der Waals surface area contributed by atoms with Gasteiger partial charge in [-0.25, -0.2) is 4.39 Å². The number of benzene rings is 1. The van der Waals surface area contributed by atoms with Crippen LogP contribution in [0, 0.1) is 5.82 Å². The van der Waals surface area contributed by atoms with Crippen LogP contribution < -0.4 is 5.73 Å². The van der Waals surface area contributed by atoms with E-state index in [2.05, 4.69) is 11.4 Å². The normalized spacial score (nSPS) is 10.5. The van der Waals surface area contributed by atoms with Crippen LogP contribution in [0.3, 0.4) is 0 Å². The number of hydrogen-bond acceptors (Lipinski definition) is 2. The average Bonchev–Trinajstić information content (AvgIpc) is 2.68. The molecule has 0 spiro atoms. The van der Waals surface area contributed by atoms with E-state index in [1.54, 1.807) is 23.5 Å². The van der Waals surface area contributed by atoms with Crippen LogP contribution in [-0.2, 0) is 6.42 Å². The van der Waals surface area contributed by atoms with E-state index in [0.717, 1.165) is 17.5 Å². The van der Waals surface area contributed by atoms with E-state index in [-0.39, 0.29) is 5.82 Å². The zero-order valence-corrected chi connectivity index (χ0v) is 9.06. The Bertz CT molecular complexity index is 433. The topological polar surface area (TPSA) is 26.0 Å². The van der Waals surface area contributed by atoms with Gasteiger partial charge in [0.05, 0.1) is 0 Å². The Kier molecular flexibility index (Phi) is 3.14. The standard InChI is InChI=1S/C12H12FNS/c13-11-3-1-9(2-4-11)10-7-12(5-6-14)15-8-10/h1-4,7-8H,5-6,14H2. The van der Waals surface area contributed by atoms with E-state index < -0.39 is 0 Å². The van der Waals surface area contributed by atoms with Crippen LogP contribution in [0.4, 0.5) is 4.39 Å². The third-order valence-electron chi connectivity index (χ3n) is 2.22. The monoisotopic (exact) mass is 221 g/mol. The molecule has 0 saturated carbocycles. The molecule has 0 aliphatic heterocycles. The first-order valence-corrected chi connectivity index (χ1v) is 5.71. The minimum Gasteiger partial charge on any atom is -0.330 e. The van der Waals surface area contributed by atoms with E-state index in [0.29, 0.717) is 6.54 Å². The lowest BCUT2D eigenvalue weighted by molar-refractivity contribution is 0.628. The molecule has 0 atom stereocenters. The van der Waals surface area contributed by atoms with E-state index >= 15 is 0 Å². The fraction of sp³-hybridized carbons (Fsp3) is 0.167. The van der Waals surface area contributed by atoms with Crippen LogP contribution >= 0.6 is 11.3 Å². The smallest absolute Gasteiger partial charge is 0.123 e. The molecule has 15 heavy (non-hydrogen) atoms. The summed E-state index contributed by atoms with van der Waals surface area (Å²) >= 11 is 1.70. The highest BCUT2D eigenvalue weighted by molar-refractivity contribution is 7.10. The highest BCUT2D eigenvalue weighted by Crippen LogP contribution is 2.25. The Hall–Kier alpha value is -1.19. The van der Waals surface area contributed by atoms with Gasteiger partial charge in [-0.1, -0.05) is 12.1 Å². The first-order valence-electron chi connectivity index (χ1n) is 4.83. The summed E-state index contributed by atoms with van der Waals surface area (Å²) in [4.78, 5) is 1.27. The van der Waals surface area contributed by atoms with Crippen molar-refractivity contribution in [3.63, 3.8) is 0 Å². The summed E-state index contributed by atoms with van der Waals surface area (Å²) in [6.07, 6.45) is 0.909. The molecule has 0 saturated heterocycles. The molecule has 0 aliphatic rings. The molecule has 1 heterocycles. The summed E-state index contributed by atoms with van der Waals surface area (Å²) in [5.74, 6) is -0.198. The summed E-state index contributed by atoms with van der Waals surface area (Å²) in [6.45, 7) is 0.670. The van der Waals surface area contributed by atoms with Gasteiger partial charge in [0.25, 0.3) is 0 Å². The Balaban J connectivity index is 2.25. The van der Waals surface area contributed by atoms with Gasteiger partial charge in [0.2, 0.25) is 0 Å². The lowest BCUT2D eigenvalue weighted by atomic mass is 10.1. The maximum Gasteiger partial charge on any atom is 0.123 e. The molecular formula is C12H12FNS. The highest BCUT2D eigenvalue weighted by Gasteiger charge is 2.01. The third-order valence-corrected chi connectivity index (χ3v) is 3.22. The van der Waals surface area contributed by atoms with E-state index in [1.807, 2.05) is 0 Å². The predicted molar refractivity (Wildman–Crippen MR) is 62.5 cm³/mol. The van der Waals surface area contributed by atoms with Crippen molar-refractivity contribution in [2.45, 2.75) is 6.42 Å². The molecule has 1 nitrogen and oxygen atoms in total. The number of nitrogens with two attached hydrogens (primary N) is 1.